The number of carbonyl (C=O) groups is 4. The van der Waals surface area contributed by atoms with Crippen LogP contribution in [0.15, 0.2) is 53.1 Å². The maximum atomic E-state index is 13.3. The number of benzene rings is 1. The van der Waals surface area contributed by atoms with Crippen molar-refractivity contribution in [3.8, 4) is 17.2 Å². The molecular weight excluding hydrogens is 630 g/mol. The Hall–Kier alpha value is -4.69. The summed E-state index contributed by atoms with van der Waals surface area (Å²) in [7, 11) is 0. The number of rotatable bonds is 6. The second-order valence-corrected chi connectivity index (χ2v) is 12.8. The number of H-pyrrole nitrogens is 1. The molecule has 266 valence electrons. The van der Waals surface area contributed by atoms with Crippen LogP contribution < -0.4 is 26.0 Å². The molecule has 1 aromatic carbocycles. The van der Waals surface area contributed by atoms with E-state index >= 15 is 0 Å². The van der Waals surface area contributed by atoms with Crippen LogP contribution in [-0.4, -0.2) is 94.8 Å². The van der Waals surface area contributed by atoms with Gasteiger partial charge >= 0.3 is 0 Å². The van der Waals surface area contributed by atoms with Gasteiger partial charge in [-0.1, -0.05) is 26.0 Å². The number of nitrogens with zero attached hydrogens (tertiary/aromatic N) is 2. The number of aliphatic hydroxyl groups is 1. The van der Waals surface area contributed by atoms with Crippen molar-refractivity contribution in [2.75, 3.05) is 32.8 Å². The summed E-state index contributed by atoms with van der Waals surface area (Å²) in [5, 5.41) is 28.5. The number of aromatic amines is 1. The molecule has 1 aliphatic heterocycles. The van der Waals surface area contributed by atoms with Crippen LogP contribution in [0.3, 0.4) is 0 Å². The van der Waals surface area contributed by atoms with Crippen molar-refractivity contribution in [2.45, 2.75) is 77.6 Å². The molecule has 4 rings (SSSR count). The van der Waals surface area contributed by atoms with E-state index in [2.05, 4.69) is 36.4 Å². The first kappa shape index (κ1) is 37.1. The first-order valence-corrected chi connectivity index (χ1v) is 16.9. The fourth-order valence-electron chi connectivity index (χ4n) is 5.54. The van der Waals surface area contributed by atoms with Gasteiger partial charge < -0.3 is 35.5 Å². The minimum Gasteiger partial charge on any atom is -0.484 e. The van der Waals surface area contributed by atoms with Gasteiger partial charge in [0.05, 0.1) is 19.1 Å². The zero-order valence-electron chi connectivity index (χ0n) is 28.5. The molecule has 0 spiro atoms. The van der Waals surface area contributed by atoms with E-state index in [0.29, 0.717) is 69.1 Å². The summed E-state index contributed by atoms with van der Waals surface area (Å²) < 4.78 is 11.7. The lowest BCUT2D eigenvalue weighted by atomic mass is 10.0. The summed E-state index contributed by atoms with van der Waals surface area (Å²) in [5.41, 5.74) is 1.43. The molecule has 14 nitrogen and oxygen atoms in total. The smallest absolute Gasteiger partial charge is 0.257 e. The summed E-state index contributed by atoms with van der Waals surface area (Å²) in [6, 6.07) is 10.4. The van der Waals surface area contributed by atoms with Crippen LogP contribution in [0.5, 0.6) is 5.75 Å². The largest absolute Gasteiger partial charge is 0.484 e. The van der Waals surface area contributed by atoms with E-state index in [4.69, 9.17) is 9.15 Å². The van der Waals surface area contributed by atoms with E-state index in [1.54, 1.807) is 30.5 Å². The number of hydrogen-bond donors (Lipinski definition) is 6. The highest BCUT2D eigenvalue weighted by atomic mass is 16.5. The molecule has 14 heteroatoms. The van der Waals surface area contributed by atoms with Crippen molar-refractivity contribution in [3.05, 3.63) is 60.0 Å². The Labute approximate surface area is 286 Å². The van der Waals surface area contributed by atoms with Gasteiger partial charge in [0.2, 0.25) is 17.7 Å². The Balaban J connectivity index is 1.45. The van der Waals surface area contributed by atoms with Gasteiger partial charge in [-0.25, -0.2) is 0 Å². The Morgan fingerprint density at radius 2 is 1.71 bits per heavy atom. The lowest BCUT2D eigenvalue weighted by Gasteiger charge is -2.26. The summed E-state index contributed by atoms with van der Waals surface area (Å²) in [5.74, 6) is 0.288. The first-order chi connectivity index (χ1) is 23.6. The Morgan fingerprint density at radius 3 is 2.47 bits per heavy atom. The quantitative estimate of drug-likeness (QED) is 0.226. The lowest BCUT2D eigenvalue weighted by Crippen LogP contribution is -2.57. The number of furan rings is 1. The van der Waals surface area contributed by atoms with Crippen molar-refractivity contribution >= 4 is 23.6 Å². The summed E-state index contributed by atoms with van der Waals surface area (Å²) in [6.07, 6.45) is 2.92. The standard InChI is InChI=1S/C35H49N7O7/c1-23(2)18-29-34(46)40-33(24(3)43)35(47)37-13-4-5-16-42(21-27-10-11-30(49-27)28-12-15-38-41-28)17-7-14-36-32(45)22-48-26-9-6-8-25(19-26)20-31(44)39-29/h6,8-12,15,19,23-24,29,33,43H,4-5,7,13-14,16-18,20-22H2,1-3H3,(H,36,45)(H,37,47)(H,38,41)(H,39,44)(H,40,46)/t24-,29-,33+/m1/s1. The van der Waals surface area contributed by atoms with Crippen LogP contribution in [0.1, 0.15) is 57.8 Å². The number of carbonyl (C=O) groups excluding carboxylic acids is 4. The first-order valence-electron chi connectivity index (χ1n) is 16.9. The van der Waals surface area contributed by atoms with Gasteiger partial charge in [-0.3, -0.25) is 29.2 Å². The van der Waals surface area contributed by atoms with Gasteiger partial charge in [0.25, 0.3) is 5.91 Å². The second kappa shape index (κ2) is 18.7. The van der Waals surface area contributed by atoms with Crippen molar-refractivity contribution in [2.24, 2.45) is 5.92 Å². The molecule has 2 bridgehead atoms. The molecule has 49 heavy (non-hydrogen) atoms. The highest BCUT2D eigenvalue weighted by molar-refractivity contribution is 5.92. The minimum absolute atomic E-state index is 0.0232. The van der Waals surface area contributed by atoms with Crippen molar-refractivity contribution in [1.82, 2.24) is 36.4 Å². The SMILES string of the molecule is CC(C)C[C@H]1NC(=O)Cc2cccc(c2)OCC(=O)NCCCN(Cc2ccc(-c3ccn[nH]3)o2)CCCCNC(=O)[C@H]([C@@H](C)O)NC1=O. The maximum Gasteiger partial charge on any atom is 0.257 e. The van der Waals surface area contributed by atoms with E-state index < -0.39 is 30.0 Å². The molecular formula is C35H49N7O7. The number of aromatic nitrogens is 2. The zero-order valence-corrected chi connectivity index (χ0v) is 28.5. The van der Waals surface area contributed by atoms with Gasteiger partial charge in [0.1, 0.15) is 29.3 Å². The molecule has 0 saturated heterocycles. The third-order valence-corrected chi connectivity index (χ3v) is 8.04. The van der Waals surface area contributed by atoms with E-state index in [0.717, 1.165) is 17.9 Å². The molecule has 0 unspecified atom stereocenters. The highest BCUT2D eigenvalue weighted by Crippen LogP contribution is 2.21. The van der Waals surface area contributed by atoms with Gasteiger partial charge in [0, 0.05) is 25.8 Å². The predicted octanol–water partition coefficient (Wildman–Crippen LogP) is 1.91. The number of aliphatic hydroxyl groups excluding tert-OH is 1. The third kappa shape index (κ3) is 12.4. The average molecular weight is 680 g/mol. The van der Waals surface area contributed by atoms with Crippen LogP contribution in [0, 0.1) is 5.92 Å². The number of fused-ring (bicyclic) bond motifs is 2. The molecule has 3 atom stereocenters. The highest BCUT2D eigenvalue weighted by Gasteiger charge is 2.30. The summed E-state index contributed by atoms with van der Waals surface area (Å²) >= 11 is 0. The van der Waals surface area contributed by atoms with Crippen LogP contribution >= 0.6 is 0 Å². The fourth-order valence-corrected chi connectivity index (χ4v) is 5.54. The van der Waals surface area contributed by atoms with Crippen molar-refractivity contribution in [3.63, 3.8) is 0 Å². The van der Waals surface area contributed by atoms with E-state index in [-0.39, 0.29) is 30.8 Å². The van der Waals surface area contributed by atoms with Crippen molar-refractivity contribution in [1.29, 1.82) is 0 Å². The molecule has 0 aliphatic carbocycles. The average Bonchev–Trinajstić information content (AvgIpc) is 3.76. The van der Waals surface area contributed by atoms with Gasteiger partial charge in [0.15, 0.2) is 12.4 Å². The Kier molecular flexibility index (Phi) is 14.2. The Bertz CT molecular complexity index is 1510. The fraction of sp³-hybridized carbons (Fsp3) is 0.514. The van der Waals surface area contributed by atoms with Crippen LogP contribution in [0.4, 0.5) is 0 Å². The van der Waals surface area contributed by atoms with Gasteiger partial charge in [-0.15, -0.1) is 0 Å². The van der Waals surface area contributed by atoms with E-state index in [1.807, 2.05) is 32.0 Å². The molecule has 0 fully saturated rings. The molecule has 4 amide bonds. The molecule has 3 aromatic rings. The molecule has 0 radical (unpaired) electrons. The predicted molar refractivity (Wildman–Crippen MR) is 182 cm³/mol. The monoisotopic (exact) mass is 679 g/mol. The molecule has 3 heterocycles. The third-order valence-electron chi connectivity index (χ3n) is 8.04. The van der Waals surface area contributed by atoms with Crippen LogP contribution in [0.25, 0.3) is 11.5 Å². The van der Waals surface area contributed by atoms with E-state index in [1.165, 1.54) is 6.92 Å². The van der Waals surface area contributed by atoms with Crippen LogP contribution in [-0.2, 0) is 32.1 Å². The molecule has 1 aliphatic rings. The number of hydrogen-bond acceptors (Lipinski definition) is 9. The van der Waals surface area contributed by atoms with Crippen LogP contribution in [0.2, 0.25) is 0 Å². The molecule has 6 N–H and O–H groups in total. The lowest BCUT2D eigenvalue weighted by molar-refractivity contribution is -0.134. The van der Waals surface area contributed by atoms with Crippen molar-refractivity contribution < 1.29 is 33.4 Å². The second-order valence-electron chi connectivity index (χ2n) is 12.8. The summed E-state index contributed by atoms with van der Waals surface area (Å²) in [4.78, 5) is 54.2. The minimum atomic E-state index is -1.19. The van der Waals surface area contributed by atoms with Gasteiger partial charge in [-0.05, 0) is 81.0 Å². The normalized spacial score (nSPS) is 20.7. The molecule has 2 aromatic heterocycles. The molecule has 0 saturated carbocycles. The topological polar surface area (TPSA) is 191 Å². The van der Waals surface area contributed by atoms with E-state index in [9.17, 15) is 24.3 Å². The van der Waals surface area contributed by atoms with Gasteiger partial charge in [-0.2, -0.15) is 5.10 Å². The zero-order chi connectivity index (χ0) is 35.2. The Morgan fingerprint density at radius 1 is 0.918 bits per heavy atom. The number of ether oxygens (including phenoxy) is 1. The number of amides is 4. The maximum absolute atomic E-state index is 13.3. The summed E-state index contributed by atoms with van der Waals surface area (Å²) in [6.45, 7) is 7.87. The number of nitrogens with one attached hydrogen (secondary N) is 5.